The molecule has 0 spiro atoms. The Kier molecular flexibility index (Phi) is 4.79. The van der Waals surface area contributed by atoms with E-state index in [2.05, 4.69) is 0 Å². The van der Waals surface area contributed by atoms with Crippen molar-refractivity contribution < 1.29 is 29.9 Å². The molecular formula is C24H24FNO5S. The highest BCUT2D eigenvalue weighted by molar-refractivity contribution is 7.89. The van der Waals surface area contributed by atoms with Gasteiger partial charge < -0.3 is 9.47 Å². The monoisotopic (exact) mass is 457 g/mol. The summed E-state index contributed by atoms with van der Waals surface area (Å²) in [6.07, 6.45) is 1.33. The second-order valence-corrected chi connectivity index (χ2v) is 9.69. The second-order valence-electron chi connectivity index (χ2n) is 8.13. The predicted octanol–water partition coefficient (Wildman–Crippen LogP) is 4.20. The van der Waals surface area contributed by atoms with Gasteiger partial charge >= 0.3 is 0 Å². The Morgan fingerprint density at radius 3 is 2.50 bits per heavy atom. The number of halogens is 1. The minimum Gasteiger partial charge on any atom is -0.454 e. The van der Waals surface area contributed by atoms with Crippen molar-refractivity contribution in [3.05, 3.63) is 77.6 Å². The van der Waals surface area contributed by atoms with Crippen LogP contribution in [0.1, 0.15) is 26.8 Å². The summed E-state index contributed by atoms with van der Waals surface area (Å²) in [5.41, 5.74) is 1.65. The summed E-state index contributed by atoms with van der Waals surface area (Å²) in [5, 5.41) is 5.22. The van der Waals surface area contributed by atoms with E-state index < -0.39 is 21.3 Å². The van der Waals surface area contributed by atoms with Crippen molar-refractivity contribution in [3.8, 4) is 22.6 Å². The van der Waals surface area contributed by atoms with Gasteiger partial charge in [-0.15, -0.1) is 0 Å². The van der Waals surface area contributed by atoms with Gasteiger partial charge in [0.1, 0.15) is 11.6 Å². The number of sulfonamides is 1. The summed E-state index contributed by atoms with van der Waals surface area (Å²) in [4.78, 5) is 13.2. The molecule has 0 radical (unpaired) electrons. The standard InChI is InChI=1S/C24H20FNO5S.2H2/c25-20-6-4-16(15-2-1-3-19(11-15)32(26,28)29)10-17(20)12-23(27)24(8-9-24)18-5-7-21-22(13-18)31-14-30-21;;/h1-7,10-11,13H,8-9,12,14H2,(H2,26,28,29);2*1H. The Balaban J connectivity index is 0.00000162. The van der Waals surface area contributed by atoms with Gasteiger partial charge in [-0.2, -0.15) is 0 Å². The van der Waals surface area contributed by atoms with Gasteiger partial charge in [0, 0.05) is 9.27 Å². The molecule has 1 heterocycles. The number of hydrogen-bond donors (Lipinski definition) is 1. The number of ether oxygens (including phenoxy) is 2. The van der Waals surface area contributed by atoms with Crippen LogP contribution < -0.4 is 14.6 Å². The van der Waals surface area contributed by atoms with E-state index in [1.54, 1.807) is 30.3 Å². The molecule has 1 aliphatic heterocycles. The highest BCUT2D eigenvalue weighted by Crippen LogP contribution is 2.51. The molecule has 0 bridgehead atoms. The number of carbonyl (C=O) groups excluding carboxylic acids is 1. The summed E-state index contributed by atoms with van der Waals surface area (Å²) in [6.45, 7) is 0.157. The largest absolute Gasteiger partial charge is 0.454 e. The van der Waals surface area contributed by atoms with Crippen LogP contribution in [0, 0.1) is 5.82 Å². The first-order valence-corrected chi connectivity index (χ1v) is 11.7. The van der Waals surface area contributed by atoms with Crippen molar-refractivity contribution in [3.63, 3.8) is 0 Å². The lowest BCUT2D eigenvalue weighted by atomic mass is 9.87. The van der Waals surface area contributed by atoms with E-state index in [1.165, 1.54) is 18.2 Å². The van der Waals surface area contributed by atoms with Gasteiger partial charge in [-0.3, -0.25) is 4.79 Å². The molecule has 0 unspecified atom stereocenters. The van der Waals surface area contributed by atoms with Crippen molar-refractivity contribution in [2.75, 3.05) is 6.79 Å². The summed E-state index contributed by atoms with van der Waals surface area (Å²) < 4.78 is 48.7. The maximum Gasteiger partial charge on any atom is 0.238 e. The van der Waals surface area contributed by atoms with Crippen LogP contribution in [0.2, 0.25) is 0 Å². The fraction of sp³-hybridized carbons (Fsp3) is 0.208. The first-order valence-electron chi connectivity index (χ1n) is 10.1. The van der Waals surface area contributed by atoms with Crippen molar-refractivity contribution in [2.45, 2.75) is 29.6 Å². The lowest BCUT2D eigenvalue weighted by Crippen LogP contribution is -2.23. The smallest absolute Gasteiger partial charge is 0.238 e. The highest BCUT2D eigenvalue weighted by Gasteiger charge is 2.51. The fourth-order valence-corrected chi connectivity index (χ4v) is 4.69. The van der Waals surface area contributed by atoms with Gasteiger partial charge in [0.15, 0.2) is 11.5 Å². The number of carbonyl (C=O) groups is 1. The molecule has 0 amide bonds. The van der Waals surface area contributed by atoms with E-state index in [1.807, 2.05) is 12.1 Å². The normalized spacial score (nSPS) is 16.1. The molecule has 2 aliphatic rings. The number of rotatable bonds is 6. The summed E-state index contributed by atoms with van der Waals surface area (Å²) >= 11 is 0. The average molecular weight is 458 g/mol. The van der Waals surface area contributed by atoms with E-state index in [0.29, 0.717) is 35.5 Å². The zero-order valence-electron chi connectivity index (χ0n) is 17.0. The van der Waals surface area contributed by atoms with E-state index >= 15 is 0 Å². The number of Topliss-reactive ketones (excluding diaryl/α,β-unsaturated/α-hetero) is 1. The van der Waals surface area contributed by atoms with Crippen LogP contribution >= 0.6 is 0 Å². The number of ketones is 1. The predicted molar refractivity (Wildman–Crippen MR) is 120 cm³/mol. The molecule has 32 heavy (non-hydrogen) atoms. The van der Waals surface area contributed by atoms with Crippen molar-refractivity contribution in [2.24, 2.45) is 5.14 Å². The highest BCUT2D eigenvalue weighted by atomic mass is 32.2. The van der Waals surface area contributed by atoms with Crippen LogP contribution in [-0.4, -0.2) is 21.0 Å². The van der Waals surface area contributed by atoms with Crippen LogP contribution in [-0.2, 0) is 26.7 Å². The maximum atomic E-state index is 14.6. The van der Waals surface area contributed by atoms with Crippen LogP contribution in [0.5, 0.6) is 11.5 Å². The number of benzene rings is 3. The minimum absolute atomic E-state index is 0. The van der Waals surface area contributed by atoms with Gasteiger partial charge in [-0.1, -0.05) is 24.3 Å². The first-order chi connectivity index (χ1) is 15.3. The topological polar surface area (TPSA) is 95.7 Å². The minimum atomic E-state index is -3.86. The number of primary sulfonamides is 1. The maximum absolute atomic E-state index is 14.6. The van der Waals surface area contributed by atoms with Gasteiger partial charge in [0.05, 0.1) is 10.3 Å². The van der Waals surface area contributed by atoms with E-state index in [9.17, 15) is 17.6 Å². The van der Waals surface area contributed by atoms with Crippen LogP contribution in [0.25, 0.3) is 11.1 Å². The molecule has 1 fully saturated rings. The summed E-state index contributed by atoms with van der Waals surface area (Å²) in [5.74, 6) is 0.721. The molecule has 8 heteroatoms. The molecular weight excluding hydrogens is 433 g/mol. The third-order valence-electron chi connectivity index (χ3n) is 6.10. The molecule has 0 atom stereocenters. The third kappa shape index (κ3) is 3.65. The molecule has 0 aromatic heterocycles. The molecule has 1 aliphatic carbocycles. The van der Waals surface area contributed by atoms with E-state index in [-0.39, 0.29) is 32.3 Å². The quantitative estimate of drug-likeness (QED) is 0.598. The number of hydrogen-bond acceptors (Lipinski definition) is 5. The molecule has 3 aromatic rings. The lowest BCUT2D eigenvalue weighted by Gasteiger charge is -2.16. The zero-order chi connectivity index (χ0) is 22.5. The molecule has 0 saturated heterocycles. The summed E-state index contributed by atoms with van der Waals surface area (Å²) in [7, 11) is -3.86. The average Bonchev–Trinajstić information content (AvgIpc) is 3.45. The van der Waals surface area contributed by atoms with Crippen molar-refractivity contribution in [1.82, 2.24) is 0 Å². The van der Waals surface area contributed by atoms with Crippen LogP contribution in [0.3, 0.4) is 0 Å². The molecule has 3 aromatic carbocycles. The summed E-state index contributed by atoms with van der Waals surface area (Å²) in [6, 6.07) is 16.0. The molecule has 5 rings (SSSR count). The number of nitrogens with two attached hydrogens (primary N) is 1. The Hall–Kier alpha value is -3.23. The van der Waals surface area contributed by atoms with Gasteiger partial charge in [-0.25, -0.2) is 17.9 Å². The first kappa shape index (κ1) is 20.7. The van der Waals surface area contributed by atoms with E-state index in [0.717, 1.165) is 5.56 Å². The molecule has 2 N–H and O–H groups in total. The van der Waals surface area contributed by atoms with Crippen molar-refractivity contribution >= 4 is 15.8 Å². The van der Waals surface area contributed by atoms with Crippen LogP contribution in [0.15, 0.2) is 65.6 Å². The zero-order valence-corrected chi connectivity index (χ0v) is 17.8. The van der Waals surface area contributed by atoms with Gasteiger partial charge in [0.2, 0.25) is 16.8 Å². The molecule has 168 valence electrons. The molecule has 1 saturated carbocycles. The Morgan fingerprint density at radius 1 is 1.00 bits per heavy atom. The molecule has 6 nitrogen and oxygen atoms in total. The van der Waals surface area contributed by atoms with Crippen LogP contribution in [0.4, 0.5) is 4.39 Å². The fourth-order valence-electron chi connectivity index (χ4n) is 4.13. The second kappa shape index (κ2) is 7.43. The van der Waals surface area contributed by atoms with Gasteiger partial charge in [-0.05, 0) is 71.5 Å². The Labute approximate surface area is 187 Å². The lowest BCUT2D eigenvalue weighted by molar-refractivity contribution is -0.120. The Morgan fingerprint density at radius 2 is 1.75 bits per heavy atom. The number of fused-ring (bicyclic) bond motifs is 1. The Bertz CT molecular complexity index is 1360. The van der Waals surface area contributed by atoms with E-state index in [4.69, 9.17) is 14.6 Å². The third-order valence-corrected chi connectivity index (χ3v) is 7.01. The van der Waals surface area contributed by atoms with Gasteiger partial charge in [0.25, 0.3) is 0 Å². The van der Waals surface area contributed by atoms with Crippen molar-refractivity contribution in [1.29, 1.82) is 0 Å². The SMILES string of the molecule is NS(=O)(=O)c1cccc(-c2ccc(F)c(CC(=O)C3(c4ccc5c(c4)OCO5)CC3)c2)c1.[HH].[HH].